The van der Waals surface area contributed by atoms with Crippen molar-refractivity contribution in [3.8, 4) is 5.69 Å². The summed E-state index contributed by atoms with van der Waals surface area (Å²) in [6.07, 6.45) is 9.64. The molecular formula is C21H24ClN3. The van der Waals surface area contributed by atoms with Crippen LogP contribution in [0.2, 0.25) is 5.02 Å². The predicted octanol–water partition coefficient (Wildman–Crippen LogP) is 4.96. The molecule has 1 aromatic heterocycles. The smallest absolute Gasteiger partial charge is 0.133 e. The molecule has 25 heavy (non-hydrogen) atoms. The lowest BCUT2D eigenvalue weighted by molar-refractivity contribution is -0.00770. The quantitative estimate of drug-likeness (QED) is 0.826. The first-order chi connectivity index (χ1) is 12.2. The maximum absolute atomic E-state index is 6.50. The molecule has 1 N–H and O–H groups in total. The highest BCUT2D eigenvalue weighted by atomic mass is 35.5. The second-order valence-electron chi connectivity index (χ2n) is 8.91. The maximum atomic E-state index is 6.50. The van der Waals surface area contributed by atoms with Gasteiger partial charge in [-0.05, 0) is 74.8 Å². The fourth-order valence-corrected chi connectivity index (χ4v) is 7.02. The number of para-hydroxylation sites is 1. The Hall–Kier alpha value is -1.48. The normalized spacial score (nSPS) is 35.0. The summed E-state index contributed by atoms with van der Waals surface area (Å²) >= 11 is 6.50. The monoisotopic (exact) mass is 353 g/mol. The maximum Gasteiger partial charge on any atom is 0.133 e. The van der Waals surface area contributed by atoms with E-state index in [0.29, 0.717) is 5.41 Å². The summed E-state index contributed by atoms with van der Waals surface area (Å²) in [4.78, 5) is 0. The molecule has 130 valence electrons. The summed E-state index contributed by atoms with van der Waals surface area (Å²) in [7, 11) is 0. The Morgan fingerprint density at radius 2 is 1.72 bits per heavy atom. The third-order valence-corrected chi connectivity index (χ3v) is 7.59. The third-order valence-electron chi connectivity index (χ3n) is 7.27. The summed E-state index contributed by atoms with van der Waals surface area (Å²) in [5.41, 5.74) is 4.23. The molecule has 0 saturated heterocycles. The highest BCUT2D eigenvalue weighted by Gasteiger charge is 2.54. The molecule has 2 aromatic rings. The van der Waals surface area contributed by atoms with Crippen molar-refractivity contribution >= 4 is 17.4 Å². The number of nitrogens with one attached hydrogen (secondary N) is 1. The molecule has 4 bridgehead atoms. The predicted molar refractivity (Wildman–Crippen MR) is 101 cm³/mol. The van der Waals surface area contributed by atoms with Crippen molar-refractivity contribution < 1.29 is 0 Å². The first-order valence-corrected chi connectivity index (χ1v) is 10.2. The fourth-order valence-electron chi connectivity index (χ4n) is 6.80. The molecule has 1 aliphatic heterocycles. The number of benzene rings is 1. The third kappa shape index (κ3) is 2.02. The zero-order valence-electron chi connectivity index (χ0n) is 14.5. The van der Waals surface area contributed by atoms with Gasteiger partial charge in [0.05, 0.1) is 16.4 Å². The van der Waals surface area contributed by atoms with E-state index in [9.17, 15) is 0 Å². The largest absolute Gasteiger partial charge is 0.369 e. The van der Waals surface area contributed by atoms with Gasteiger partial charge >= 0.3 is 0 Å². The van der Waals surface area contributed by atoms with Crippen molar-refractivity contribution in [3.05, 3.63) is 40.5 Å². The molecule has 7 rings (SSSR count). The first kappa shape index (κ1) is 14.7. The van der Waals surface area contributed by atoms with Crippen molar-refractivity contribution in [2.45, 2.75) is 50.4 Å². The molecule has 0 radical (unpaired) electrons. The zero-order valence-corrected chi connectivity index (χ0v) is 15.2. The minimum Gasteiger partial charge on any atom is -0.369 e. The molecule has 4 saturated carbocycles. The molecule has 3 nitrogen and oxygen atoms in total. The molecule has 1 aromatic carbocycles. The van der Waals surface area contributed by atoms with E-state index in [2.05, 4.69) is 22.1 Å². The van der Waals surface area contributed by atoms with Gasteiger partial charge in [-0.15, -0.1) is 0 Å². The van der Waals surface area contributed by atoms with E-state index in [1.807, 2.05) is 12.1 Å². The Morgan fingerprint density at radius 1 is 1.04 bits per heavy atom. The average molecular weight is 354 g/mol. The van der Waals surface area contributed by atoms with E-state index in [1.54, 1.807) is 0 Å². The number of anilines is 1. The zero-order chi connectivity index (χ0) is 16.6. The SMILES string of the molecule is Clc1ccccc1-n1nc(C23CC4CC(CC(C4)C2)C3)c2c1NCC2. The second-order valence-corrected chi connectivity index (χ2v) is 9.32. The number of rotatable bonds is 2. The number of aromatic nitrogens is 2. The van der Waals surface area contributed by atoms with Crippen LogP contribution in [0.15, 0.2) is 24.3 Å². The Bertz CT molecular complexity index is 818. The Labute approximate surface area is 153 Å². The molecule has 0 amide bonds. The molecule has 0 spiro atoms. The van der Waals surface area contributed by atoms with E-state index in [1.165, 1.54) is 55.6 Å². The van der Waals surface area contributed by atoms with Crippen LogP contribution in [-0.2, 0) is 11.8 Å². The molecule has 0 unspecified atom stereocenters. The van der Waals surface area contributed by atoms with E-state index >= 15 is 0 Å². The summed E-state index contributed by atoms with van der Waals surface area (Å²) in [6, 6.07) is 8.08. The summed E-state index contributed by atoms with van der Waals surface area (Å²) in [5.74, 6) is 4.03. The number of halogens is 1. The van der Waals surface area contributed by atoms with E-state index in [0.717, 1.165) is 41.4 Å². The molecule has 4 fully saturated rings. The highest BCUT2D eigenvalue weighted by Crippen LogP contribution is 2.61. The highest BCUT2D eigenvalue weighted by molar-refractivity contribution is 6.32. The van der Waals surface area contributed by atoms with E-state index in [-0.39, 0.29) is 0 Å². The fraction of sp³-hybridized carbons (Fsp3) is 0.571. The molecular weight excluding hydrogens is 330 g/mol. The lowest BCUT2D eigenvalue weighted by Crippen LogP contribution is -2.49. The van der Waals surface area contributed by atoms with Crippen LogP contribution >= 0.6 is 11.6 Å². The van der Waals surface area contributed by atoms with Crippen molar-refractivity contribution in [2.24, 2.45) is 17.8 Å². The van der Waals surface area contributed by atoms with Crippen LogP contribution in [0.3, 0.4) is 0 Å². The molecule has 5 aliphatic rings. The van der Waals surface area contributed by atoms with Crippen LogP contribution in [0.25, 0.3) is 5.69 Å². The number of hydrogen-bond acceptors (Lipinski definition) is 2. The number of nitrogens with zero attached hydrogens (tertiary/aromatic N) is 2. The topological polar surface area (TPSA) is 29.9 Å². The van der Waals surface area contributed by atoms with Gasteiger partial charge in [0.15, 0.2) is 0 Å². The van der Waals surface area contributed by atoms with Crippen molar-refractivity contribution in [3.63, 3.8) is 0 Å². The summed E-state index contributed by atoms with van der Waals surface area (Å²) in [6.45, 7) is 1.02. The van der Waals surface area contributed by atoms with Crippen molar-refractivity contribution in [1.29, 1.82) is 0 Å². The molecule has 2 heterocycles. The van der Waals surface area contributed by atoms with Crippen LogP contribution in [0.1, 0.15) is 49.8 Å². The molecule has 4 heteroatoms. The van der Waals surface area contributed by atoms with Gasteiger partial charge in [0.2, 0.25) is 0 Å². The number of hydrogen-bond donors (Lipinski definition) is 1. The van der Waals surface area contributed by atoms with Crippen LogP contribution in [-0.4, -0.2) is 16.3 Å². The van der Waals surface area contributed by atoms with E-state index < -0.39 is 0 Å². The Balaban J connectivity index is 1.52. The number of fused-ring (bicyclic) bond motifs is 1. The lowest BCUT2D eigenvalue weighted by atomic mass is 9.48. The molecule has 4 aliphatic carbocycles. The Kier molecular flexibility index (Phi) is 2.95. The van der Waals surface area contributed by atoms with Gasteiger partial charge in [-0.25, -0.2) is 4.68 Å². The standard InChI is InChI=1S/C21H24ClN3/c22-17-3-1-2-4-18(17)25-20-16(5-6-23-20)19(24-25)21-10-13-7-14(11-21)9-15(8-13)12-21/h1-4,13-15,23H,5-12H2. The summed E-state index contributed by atoms with van der Waals surface area (Å²) < 4.78 is 2.10. The van der Waals surface area contributed by atoms with Gasteiger partial charge in [0.1, 0.15) is 5.82 Å². The first-order valence-electron chi connectivity index (χ1n) is 9.83. The summed E-state index contributed by atoms with van der Waals surface area (Å²) in [5, 5.41) is 9.59. The van der Waals surface area contributed by atoms with Crippen molar-refractivity contribution in [2.75, 3.05) is 11.9 Å². The van der Waals surface area contributed by atoms with Gasteiger partial charge in [-0.1, -0.05) is 23.7 Å². The Morgan fingerprint density at radius 3 is 2.40 bits per heavy atom. The molecule has 0 atom stereocenters. The minimum absolute atomic E-state index is 0.345. The van der Waals surface area contributed by atoms with Crippen molar-refractivity contribution in [1.82, 2.24) is 9.78 Å². The van der Waals surface area contributed by atoms with Gasteiger partial charge in [-0.3, -0.25) is 0 Å². The average Bonchev–Trinajstić information content (AvgIpc) is 3.16. The van der Waals surface area contributed by atoms with Gasteiger partial charge in [-0.2, -0.15) is 5.10 Å². The van der Waals surface area contributed by atoms with Crippen LogP contribution in [0, 0.1) is 17.8 Å². The van der Waals surface area contributed by atoms with Crippen LogP contribution in [0.4, 0.5) is 5.82 Å². The minimum atomic E-state index is 0.345. The second kappa shape index (κ2) is 5.03. The lowest BCUT2D eigenvalue weighted by Gasteiger charge is -2.56. The van der Waals surface area contributed by atoms with Gasteiger partial charge in [0.25, 0.3) is 0 Å². The van der Waals surface area contributed by atoms with Crippen LogP contribution < -0.4 is 5.32 Å². The van der Waals surface area contributed by atoms with Gasteiger partial charge < -0.3 is 5.32 Å². The van der Waals surface area contributed by atoms with E-state index in [4.69, 9.17) is 16.7 Å². The van der Waals surface area contributed by atoms with Crippen LogP contribution in [0.5, 0.6) is 0 Å². The van der Waals surface area contributed by atoms with Gasteiger partial charge in [0, 0.05) is 17.5 Å².